The molecule has 3 heterocycles. The van der Waals surface area contributed by atoms with E-state index in [1.165, 1.54) is 0 Å². The van der Waals surface area contributed by atoms with Gasteiger partial charge in [0.2, 0.25) is 11.8 Å². The molecule has 0 atom stereocenters. The van der Waals surface area contributed by atoms with Crippen LogP contribution in [0.25, 0.3) is 33.3 Å². The smallest absolute Gasteiger partial charge is 0.232 e. The highest BCUT2D eigenvalue weighted by Crippen LogP contribution is 2.39. The second-order valence-corrected chi connectivity index (χ2v) is 18.2. The predicted octanol–water partition coefficient (Wildman–Crippen LogP) is 7.75. The first kappa shape index (κ1) is 29.8. The molecule has 1 fully saturated rings. The van der Waals surface area contributed by atoms with E-state index in [0.29, 0.717) is 53.7 Å². The number of hydrogen-bond acceptors (Lipinski definition) is 9. The number of benzene rings is 2. The highest BCUT2D eigenvalue weighted by molar-refractivity contribution is 6.76. The summed E-state index contributed by atoms with van der Waals surface area (Å²) < 4.78 is 26.3. The molecular formula is C33H39N5O5Si. The molecule has 3 aromatic heterocycles. The highest BCUT2D eigenvalue weighted by atomic mass is 28.3. The van der Waals surface area contributed by atoms with E-state index < -0.39 is 8.07 Å². The molecule has 0 spiro atoms. The van der Waals surface area contributed by atoms with Crippen LogP contribution in [0.15, 0.2) is 47.0 Å². The van der Waals surface area contributed by atoms with Gasteiger partial charge in [-0.15, -0.1) is 0 Å². The fraction of sp³-hybridized carbons (Fsp3) is 0.394. The Kier molecular flexibility index (Phi) is 8.41. The third kappa shape index (κ3) is 6.48. The van der Waals surface area contributed by atoms with Crippen molar-refractivity contribution in [3.63, 3.8) is 0 Å². The Morgan fingerprint density at radius 3 is 2.66 bits per heavy atom. The summed E-state index contributed by atoms with van der Waals surface area (Å²) in [6.07, 6.45) is 7.14. The van der Waals surface area contributed by atoms with Gasteiger partial charge < -0.3 is 28.5 Å². The van der Waals surface area contributed by atoms with E-state index >= 15 is 0 Å². The largest absolute Gasteiger partial charge is 0.495 e. The van der Waals surface area contributed by atoms with Crippen LogP contribution < -0.4 is 14.8 Å². The zero-order chi connectivity index (χ0) is 30.8. The number of carbonyl (C=O) groups excluding carboxylic acids is 1. The number of oxazole rings is 1. The van der Waals surface area contributed by atoms with Gasteiger partial charge in [-0.25, -0.2) is 4.98 Å². The van der Waals surface area contributed by atoms with E-state index in [4.69, 9.17) is 28.6 Å². The molecule has 230 valence electrons. The second-order valence-electron chi connectivity index (χ2n) is 12.6. The number of hydrogen-bond donors (Lipinski definition) is 1. The minimum atomic E-state index is -1.26. The van der Waals surface area contributed by atoms with Crippen LogP contribution >= 0.6 is 0 Å². The molecule has 5 aromatic rings. The number of aryl methyl sites for hydroxylation is 1. The van der Waals surface area contributed by atoms with Crippen molar-refractivity contribution in [3.05, 3.63) is 54.0 Å². The lowest BCUT2D eigenvalue weighted by molar-refractivity contribution is 0.0899. The number of anilines is 2. The van der Waals surface area contributed by atoms with Crippen LogP contribution in [0.1, 0.15) is 41.9 Å². The number of methoxy groups -OCH3 is 1. The zero-order valence-electron chi connectivity index (χ0n) is 26.0. The van der Waals surface area contributed by atoms with Crippen molar-refractivity contribution in [3.8, 4) is 22.8 Å². The van der Waals surface area contributed by atoms with E-state index in [-0.39, 0.29) is 6.10 Å². The Morgan fingerprint density at radius 2 is 1.91 bits per heavy atom. The molecule has 0 bridgehead atoms. The van der Waals surface area contributed by atoms with Gasteiger partial charge in [-0.1, -0.05) is 25.7 Å². The molecule has 11 heteroatoms. The second kappa shape index (κ2) is 12.4. The van der Waals surface area contributed by atoms with Crippen molar-refractivity contribution in [2.24, 2.45) is 0 Å². The summed E-state index contributed by atoms with van der Waals surface area (Å²) in [6.45, 7) is 9.88. The number of nitrogens with zero attached hydrogens (tertiary/aromatic N) is 4. The third-order valence-corrected chi connectivity index (χ3v) is 9.61. The molecule has 2 aromatic carbocycles. The highest BCUT2D eigenvalue weighted by Gasteiger charge is 2.25. The first-order valence-corrected chi connectivity index (χ1v) is 18.8. The number of aldehydes is 1. The van der Waals surface area contributed by atoms with Gasteiger partial charge in [-0.05, 0) is 67.6 Å². The summed E-state index contributed by atoms with van der Waals surface area (Å²) >= 11 is 0. The Hall–Kier alpha value is -4.22. The van der Waals surface area contributed by atoms with Gasteiger partial charge in [0.25, 0.3) is 0 Å². The van der Waals surface area contributed by atoms with E-state index in [0.717, 1.165) is 65.6 Å². The van der Waals surface area contributed by atoms with Gasteiger partial charge in [0.05, 0.1) is 18.2 Å². The van der Waals surface area contributed by atoms with Crippen molar-refractivity contribution < 1.29 is 23.4 Å². The molecule has 1 aliphatic carbocycles. The number of carbonyl (C=O) groups is 1. The number of aromatic nitrogens is 4. The fourth-order valence-corrected chi connectivity index (χ4v) is 6.29. The fourth-order valence-electron chi connectivity index (χ4n) is 5.53. The Morgan fingerprint density at radius 1 is 1.09 bits per heavy atom. The standard InChI is InChI=1S/C33H39N5O5Si/c1-21-34-27-13-11-23(17-29(27)42-21)25-18-38(20-41-14-15-44(3,4)5)31-30(25)32(43-24-8-6-7-9-24)37-33(36-31)35-26-12-10-22(19-39)16-28(26)40-2/h10-13,16-19,24H,6-9,14-15,20H2,1-5H3,(H,35,36,37). The van der Waals surface area contributed by atoms with Crippen LogP contribution in [0, 0.1) is 6.92 Å². The van der Waals surface area contributed by atoms with Gasteiger partial charge in [-0.3, -0.25) is 4.79 Å². The lowest BCUT2D eigenvalue weighted by Gasteiger charge is -2.17. The summed E-state index contributed by atoms with van der Waals surface area (Å²) in [5.74, 6) is 2.00. The molecule has 1 N–H and O–H groups in total. The quantitative estimate of drug-likeness (QED) is 0.0857. The van der Waals surface area contributed by atoms with Crippen LogP contribution in [0.2, 0.25) is 25.7 Å². The lowest BCUT2D eigenvalue weighted by atomic mass is 10.1. The predicted molar refractivity (Wildman–Crippen MR) is 174 cm³/mol. The lowest BCUT2D eigenvalue weighted by Crippen LogP contribution is -2.22. The molecule has 10 nitrogen and oxygen atoms in total. The molecule has 0 saturated heterocycles. The van der Waals surface area contributed by atoms with E-state index in [1.54, 1.807) is 25.3 Å². The summed E-state index contributed by atoms with van der Waals surface area (Å²) in [5.41, 5.74) is 5.25. The van der Waals surface area contributed by atoms with Crippen molar-refractivity contribution in [1.82, 2.24) is 19.5 Å². The number of fused-ring (bicyclic) bond motifs is 2. The van der Waals surface area contributed by atoms with Crippen molar-refractivity contribution in [1.29, 1.82) is 0 Å². The molecule has 1 saturated carbocycles. The van der Waals surface area contributed by atoms with Crippen LogP contribution in [-0.2, 0) is 11.5 Å². The Labute approximate surface area is 257 Å². The normalized spacial score (nSPS) is 14.0. The minimum Gasteiger partial charge on any atom is -0.495 e. The van der Waals surface area contributed by atoms with Crippen LogP contribution in [-0.4, -0.2) is 53.7 Å². The minimum absolute atomic E-state index is 0.0750. The zero-order valence-corrected chi connectivity index (χ0v) is 27.0. The molecule has 0 aliphatic heterocycles. The van der Waals surface area contributed by atoms with Gasteiger partial charge in [-0.2, -0.15) is 9.97 Å². The Balaban J connectivity index is 1.48. The van der Waals surface area contributed by atoms with E-state index in [1.807, 2.05) is 29.7 Å². The van der Waals surface area contributed by atoms with Gasteiger partial charge in [0, 0.05) is 38.9 Å². The topological polar surface area (TPSA) is 114 Å². The van der Waals surface area contributed by atoms with Crippen molar-refractivity contribution in [2.75, 3.05) is 19.0 Å². The van der Waals surface area contributed by atoms with Gasteiger partial charge in [0.1, 0.15) is 30.4 Å². The number of ether oxygens (including phenoxy) is 3. The third-order valence-electron chi connectivity index (χ3n) is 7.90. The average molecular weight is 614 g/mol. The Bertz CT molecular complexity index is 1800. The average Bonchev–Trinajstić information content (AvgIpc) is 3.73. The van der Waals surface area contributed by atoms with Crippen molar-refractivity contribution >= 4 is 48.1 Å². The summed E-state index contributed by atoms with van der Waals surface area (Å²) in [5, 5.41) is 4.12. The van der Waals surface area contributed by atoms with Crippen molar-refractivity contribution in [2.45, 2.75) is 71.1 Å². The van der Waals surface area contributed by atoms with Crippen LogP contribution in [0.5, 0.6) is 11.6 Å². The first-order chi connectivity index (χ1) is 21.2. The molecule has 6 rings (SSSR count). The molecule has 0 radical (unpaired) electrons. The molecule has 1 aliphatic rings. The maximum atomic E-state index is 11.4. The molecule has 44 heavy (non-hydrogen) atoms. The summed E-state index contributed by atoms with van der Waals surface area (Å²) in [6, 6.07) is 12.3. The maximum Gasteiger partial charge on any atom is 0.232 e. The van der Waals surface area contributed by atoms with Gasteiger partial charge in [0.15, 0.2) is 17.1 Å². The first-order valence-electron chi connectivity index (χ1n) is 15.1. The molecule has 0 unspecified atom stereocenters. The van der Waals surface area contributed by atoms with Crippen LogP contribution in [0.4, 0.5) is 11.6 Å². The van der Waals surface area contributed by atoms with E-state index in [9.17, 15) is 4.79 Å². The SMILES string of the molecule is COc1cc(C=O)ccc1Nc1nc(OC2CCCC2)c2c(-c3ccc4nc(C)oc4c3)cn(COCC[Si](C)(C)C)c2n1. The number of nitrogens with one attached hydrogen (secondary N) is 1. The summed E-state index contributed by atoms with van der Waals surface area (Å²) in [4.78, 5) is 25.7. The van der Waals surface area contributed by atoms with Crippen LogP contribution in [0.3, 0.4) is 0 Å². The monoisotopic (exact) mass is 613 g/mol. The van der Waals surface area contributed by atoms with E-state index in [2.05, 4.69) is 36.1 Å². The molecular weight excluding hydrogens is 574 g/mol. The van der Waals surface area contributed by atoms with Gasteiger partial charge >= 0.3 is 0 Å². The molecule has 0 amide bonds. The maximum absolute atomic E-state index is 11.4. The summed E-state index contributed by atoms with van der Waals surface area (Å²) in [7, 11) is 0.307. The number of rotatable bonds is 12.